The number of carbonyl (C=O) groups excluding carboxylic acids is 1. The first-order valence-electron chi connectivity index (χ1n) is 15.7. The lowest BCUT2D eigenvalue weighted by molar-refractivity contribution is 0.0981. The molecule has 0 spiro atoms. The van der Waals surface area contributed by atoms with E-state index in [0.29, 0.717) is 48.9 Å². The Balaban J connectivity index is 1.17. The zero-order valence-corrected chi connectivity index (χ0v) is 26.0. The van der Waals surface area contributed by atoms with E-state index < -0.39 is 0 Å². The molecule has 3 unspecified atom stereocenters. The molecule has 0 saturated carbocycles. The van der Waals surface area contributed by atoms with Crippen molar-refractivity contribution in [1.82, 2.24) is 19.9 Å². The molecule has 3 saturated heterocycles. The topological polar surface area (TPSA) is 142 Å². The first kappa shape index (κ1) is 31.0. The van der Waals surface area contributed by atoms with Gasteiger partial charge in [0, 0.05) is 55.3 Å². The van der Waals surface area contributed by atoms with Crippen LogP contribution in [-0.4, -0.2) is 120 Å². The summed E-state index contributed by atoms with van der Waals surface area (Å²) < 4.78 is 5.63. The molecule has 2 aromatic carbocycles. The number of urea groups is 1. The van der Waals surface area contributed by atoms with Crippen LogP contribution in [0.5, 0.6) is 0 Å². The van der Waals surface area contributed by atoms with E-state index in [1.807, 2.05) is 53.4 Å². The number of anilines is 5. The number of likely N-dealkylation sites (N-methyl/N-ethyl adjacent to an activating group) is 1. The summed E-state index contributed by atoms with van der Waals surface area (Å²) in [5, 5.41) is 25.9. The first-order chi connectivity index (χ1) is 21.9. The fraction of sp³-hybridized carbons (Fsp3) is 0.500. The van der Waals surface area contributed by atoms with E-state index in [2.05, 4.69) is 39.3 Å². The number of aliphatic hydroxyl groups is 2. The van der Waals surface area contributed by atoms with Crippen LogP contribution in [0.25, 0.3) is 11.4 Å². The van der Waals surface area contributed by atoms with Crippen molar-refractivity contribution in [3.05, 3.63) is 48.5 Å². The maximum absolute atomic E-state index is 12.8. The normalized spacial score (nSPS) is 22.5. The number of morpholine rings is 1. The summed E-state index contributed by atoms with van der Waals surface area (Å²) in [4.78, 5) is 36.0. The quantitative estimate of drug-likeness (QED) is 0.296. The highest BCUT2D eigenvalue weighted by molar-refractivity contribution is 5.99. The molecule has 2 amide bonds. The van der Waals surface area contributed by atoms with Gasteiger partial charge in [0.15, 0.2) is 5.82 Å². The smallest absolute Gasteiger partial charge is 0.323 e. The van der Waals surface area contributed by atoms with Gasteiger partial charge in [-0.1, -0.05) is 0 Å². The molecule has 4 heterocycles. The lowest BCUT2D eigenvalue weighted by atomic mass is 10.2. The summed E-state index contributed by atoms with van der Waals surface area (Å²) in [7, 11) is 2.14. The van der Waals surface area contributed by atoms with E-state index >= 15 is 0 Å². The Morgan fingerprint density at radius 3 is 2.04 bits per heavy atom. The molecule has 240 valence electrons. The Labute approximate surface area is 263 Å². The van der Waals surface area contributed by atoms with Gasteiger partial charge in [0.05, 0.1) is 44.6 Å². The highest BCUT2D eigenvalue weighted by Crippen LogP contribution is 2.31. The zero-order chi connectivity index (χ0) is 31.3. The average molecular weight is 618 g/mol. The van der Waals surface area contributed by atoms with Gasteiger partial charge in [-0.25, -0.2) is 4.79 Å². The molecule has 3 aromatic rings. The summed E-state index contributed by atoms with van der Waals surface area (Å²) >= 11 is 0. The van der Waals surface area contributed by atoms with Crippen LogP contribution in [0.15, 0.2) is 48.5 Å². The van der Waals surface area contributed by atoms with Gasteiger partial charge in [0.2, 0.25) is 11.9 Å². The van der Waals surface area contributed by atoms with Crippen molar-refractivity contribution in [2.75, 3.05) is 91.5 Å². The monoisotopic (exact) mass is 617 g/mol. The number of rotatable bonds is 8. The predicted molar refractivity (Wildman–Crippen MR) is 175 cm³/mol. The molecular weight excluding hydrogens is 574 g/mol. The molecule has 0 radical (unpaired) electrons. The number of aliphatic hydroxyl groups excluding tert-OH is 2. The fourth-order valence-electron chi connectivity index (χ4n) is 6.21. The number of piperazine rings is 1. The SMILES string of the molecule is CC1COCCN1c1nc(-c2ccc(NC(=O)Nc3ccc(N4CCN(C)CC4)cc3)cc2)nc(N2C(CO)CCC2CO)n1. The van der Waals surface area contributed by atoms with Crippen molar-refractivity contribution in [2.45, 2.75) is 37.9 Å². The van der Waals surface area contributed by atoms with Gasteiger partial charge in [-0.15, -0.1) is 0 Å². The molecule has 3 aliphatic heterocycles. The van der Waals surface area contributed by atoms with Crippen LogP contribution in [0.4, 0.5) is 33.8 Å². The van der Waals surface area contributed by atoms with E-state index in [1.165, 1.54) is 0 Å². The Kier molecular flexibility index (Phi) is 9.59. The summed E-state index contributed by atoms with van der Waals surface area (Å²) in [6, 6.07) is 14.7. The fourth-order valence-corrected chi connectivity index (χ4v) is 6.21. The second-order valence-corrected chi connectivity index (χ2v) is 12.0. The molecule has 3 atom stereocenters. The van der Waals surface area contributed by atoms with E-state index in [-0.39, 0.29) is 37.4 Å². The molecule has 6 rings (SSSR count). The van der Waals surface area contributed by atoms with Crippen LogP contribution in [0.2, 0.25) is 0 Å². The number of ether oxygens (including phenoxy) is 1. The maximum atomic E-state index is 12.8. The van der Waals surface area contributed by atoms with Crippen molar-refractivity contribution in [1.29, 1.82) is 0 Å². The van der Waals surface area contributed by atoms with Crippen molar-refractivity contribution in [3.63, 3.8) is 0 Å². The molecule has 0 aliphatic carbocycles. The molecule has 0 bridgehead atoms. The summed E-state index contributed by atoms with van der Waals surface area (Å²) in [5.41, 5.74) is 3.25. The number of nitrogens with one attached hydrogen (secondary N) is 2. The Hall–Kier alpha value is -4.04. The Bertz CT molecular complexity index is 1420. The van der Waals surface area contributed by atoms with Gasteiger partial charge >= 0.3 is 6.03 Å². The third kappa shape index (κ3) is 7.12. The highest BCUT2D eigenvalue weighted by atomic mass is 16.5. The Morgan fingerprint density at radius 2 is 1.44 bits per heavy atom. The minimum atomic E-state index is -0.333. The third-order valence-corrected chi connectivity index (χ3v) is 8.90. The largest absolute Gasteiger partial charge is 0.394 e. The lowest BCUT2D eigenvalue weighted by Crippen LogP contribution is -2.45. The van der Waals surface area contributed by atoms with Crippen molar-refractivity contribution >= 4 is 35.0 Å². The molecule has 13 nitrogen and oxygen atoms in total. The van der Waals surface area contributed by atoms with Gasteiger partial charge in [0.25, 0.3) is 0 Å². The van der Waals surface area contributed by atoms with Crippen LogP contribution in [0, 0.1) is 0 Å². The Morgan fingerprint density at radius 1 is 0.844 bits per heavy atom. The number of benzene rings is 2. The number of nitrogens with zero attached hydrogens (tertiary/aromatic N) is 7. The van der Waals surface area contributed by atoms with Crippen molar-refractivity contribution < 1.29 is 19.7 Å². The number of amides is 2. The predicted octanol–water partition coefficient (Wildman–Crippen LogP) is 2.48. The van der Waals surface area contributed by atoms with Gasteiger partial charge in [-0.3, -0.25) is 0 Å². The number of carbonyl (C=O) groups is 1. The van der Waals surface area contributed by atoms with E-state index in [9.17, 15) is 15.0 Å². The second-order valence-electron chi connectivity index (χ2n) is 12.0. The maximum Gasteiger partial charge on any atom is 0.323 e. The number of aromatic nitrogens is 3. The van der Waals surface area contributed by atoms with Crippen LogP contribution >= 0.6 is 0 Å². The molecule has 3 aliphatic rings. The van der Waals surface area contributed by atoms with E-state index in [0.717, 1.165) is 50.3 Å². The van der Waals surface area contributed by atoms with Gasteiger partial charge < -0.3 is 45.2 Å². The number of hydrogen-bond donors (Lipinski definition) is 4. The minimum absolute atomic E-state index is 0.0519. The van der Waals surface area contributed by atoms with Crippen LogP contribution in [0.3, 0.4) is 0 Å². The standard InChI is InChI=1S/C32H43N9O4/c1-22-21-45-18-17-40(22)30-35-29(36-31(37-30)41-27(19-42)11-12-28(41)20-43)23-3-5-24(6-4-23)33-32(44)34-25-7-9-26(10-8-25)39-15-13-38(2)14-16-39/h3-10,22,27-28,42-43H,11-21H2,1-2H3,(H2,33,34,44). The molecule has 13 heteroatoms. The van der Waals surface area contributed by atoms with Crippen LogP contribution < -0.4 is 25.3 Å². The highest BCUT2D eigenvalue weighted by Gasteiger charge is 2.36. The van der Waals surface area contributed by atoms with Crippen molar-refractivity contribution in [3.8, 4) is 11.4 Å². The van der Waals surface area contributed by atoms with Gasteiger partial charge in [-0.05, 0) is 75.3 Å². The molecule has 4 N–H and O–H groups in total. The molecular formula is C32H43N9O4. The lowest BCUT2D eigenvalue weighted by Gasteiger charge is -2.34. The third-order valence-electron chi connectivity index (χ3n) is 8.90. The minimum Gasteiger partial charge on any atom is -0.394 e. The molecule has 1 aromatic heterocycles. The van der Waals surface area contributed by atoms with Crippen LogP contribution in [-0.2, 0) is 4.74 Å². The molecule has 3 fully saturated rings. The van der Waals surface area contributed by atoms with E-state index in [1.54, 1.807) is 0 Å². The number of hydrogen-bond acceptors (Lipinski definition) is 11. The average Bonchev–Trinajstić information content (AvgIpc) is 3.49. The summed E-state index contributed by atoms with van der Waals surface area (Å²) in [5.74, 6) is 1.45. The molecule has 45 heavy (non-hydrogen) atoms. The zero-order valence-electron chi connectivity index (χ0n) is 26.0. The van der Waals surface area contributed by atoms with Crippen molar-refractivity contribution in [2.24, 2.45) is 0 Å². The second kappa shape index (κ2) is 13.9. The van der Waals surface area contributed by atoms with Crippen LogP contribution in [0.1, 0.15) is 19.8 Å². The first-order valence-corrected chi connectivity index (χ1v) is 15.7. The van der Waals surface area contributed by atoms with Gasteiger partial charge in [-0.2, -0.15) is 15.0 Å². The van der Waals surface area contributed by atoms with Gasteiger partial charge in [0.1, 0.15) is 0 Å². The summed E-state index contributed by atoms with van der Waals surface area (Å²) in [6.45, 7) is 7.81. The van der Waals surface area contributed by atoms with E-state index in [4.69, 9.17) is 19.7 Å². The summed E-state index contributed by atoms with van der Waals surface area (Å²) in [6.07, 6.45) is 1.49.